The van der Waals surface area contributed by atoms with Gasteiger partial charge in [0.1, 0.15) is 72.5 Å². The summed E-state index contributed by atoms with van der Waals surface area (Å²) in [5.41, 5.74) is 23.2. The summed E-state index contributed by atoms with van der Waals surface area (Å²) < 4.78 is -0.796. The van der Waals surface area contributed by atoms with Gasteiger partial charge in [0.25, 0.3) is 0 Å². The number of nitrogens with two attached hydrogens (primary N) is 4. The summed E-state index contributed by atoms with van der Waals surface area (Å²) in [6.07, 6.45) is 3.62. The number of primary amides is 4. The van der Waals surface area contributed by atoms with E-state index in [1.165, 1.54) is 31.2 Å². The lowest BCUT2D eigenvalue weighted by Crippen LogP contribution is -2.60. The monoisotopic (exact) mass is 1890 g/mol. The van der Waals surface area contributed by atoms with Gasteiger partial charge in [-0.15, -0.1) is 0 Å². The zero-order valence-corrected chi connectivity index (χ0v) is 79.8. The lowest BCUT2D eigenvalue weighted by molar-refractivity contribution is -0.136. The third-order valence-electron chi connectivity index (χ3n) is 20.6. The van der Waals surface area contributed by atoms with Gasteiger partial charge in [0.05, 0.1) is 32.4 Å². The van der Waals surface area contributed by atoms with Gasteiger partial charge in [-0.25, -0.2) is 4.98 Å². The summed E-state index contributed by atoms with van der Waals surface area (Å²) in [6, 6.07) is -10.2. The lowest BCUT2D eigenvalue weighted by atomic mass is 10.0. The molecule has 3 aromatic rings. The third kappa shape index (κ3) is 43.2. The zero-order valence-electron chi connectivity index (χ0n) is 77.2. The first-order valence-corrected chi connectivity index (χ1v) is 46.0. The van der Waals surface area contributed by atoms with Crippen molar-refractivity contribution in [1.29, 1.82) is 0 Å². The third-order valence-corrected chi connectivity index (χ3v) is 21.6. The molecular formula is C85H138N24O19S3. The van der Waals surface area contributed by atoms with E-state index in [2.05, 4.69) is 113 Å². The van der Waals surface area contributed by atoms with Gasteiger partial charge in [-0.3, -0.25) is 96.0 Å². The molecule has 0 radical (unpaired) electrons. The quantitative estimate of drug-likeness (QED) is 0.0191. The summed E-state index contributed by atoms with van der Waals surface area (Å²) >= 11 is 10.8. The van der Waals surface area contributed by atoms with Crippen molar-refractivity contribution in [3.63, 3.8) is 0 Å². The molecule has 3 heterocycles. The molecule has 131 heavy (non-hydrogen) atoms. The standard InChI is InChI=1S/C85H138N24O19S3/c1-45(2)31-58(105-74(120)54(102-76(122)56(22-25-63(86)110)103-75(121)55-24-27-66(113)98-55)21-17-18-29-91-69(116)40-109(43-85(12,13)130)42-83(8,9)96-41-84(10,11)129)73(119)93-38-67(114)100-62(35-65(88)112)81(127)104-57(23-26-64(87)111)77(123)107-60(33-49-36-92-52-20-16-15-19-51(49)52)78(124)97-48(7)72(118)108-70(47(5)6)82(128)94-39-68(115)99-61(34-50-37-90-44-95-50)80(126)106-59(32-46(3)4)79(125)101-53(71(89)117)28-30-131-14/h15-16,19-20,36-37,44-48,53-62,70,92,96,129-130H,17-18,21-35,38-43H2,1-14H3,(H2,86,110)(H2,87,111)(H2,88,112)(H2,89,117)(H,90,95)(H,91,116)(H,93,119)(H,94,128)(H,97,124)(H,98,113)(H,99,115)(H,100,114)(H,101,125)(H,102,122)(H,103,121)(H,104,127)(H,105,120)(H,106,126)(H,107,123)(H,108,118). The molecule has 1 saturated heterocycles. The second kappa shape index (κ2) is 54.6. The number of hydrogen-bond donors (Lipinski definition) is 24. The molecule has 0 aliphatic carbocycles. The number of nitrogens with one attached hydrogen (secondary N) is 18. The topological polar surface area (TPSA) is 669 Å². The molecule has 2 aromatic heterocycles. The molecule has 46 heteroatoms. The summed E-state index contributed by atoms with van der Waals surface area (Å²) in [6.45, 7) is 23.3. The fourth-order valence-electron chi connectivity index (χ4n) is 14.0. The van der Waals surface area contributed by atoms with Crippen molar-refractivity contribution >= 4 is 160 Å². The van der Waals surface area contributed by atoms with Crippen LogP contribution in [-0.4, -0.2) is 277 Å². The Morgan fingerprint density at radius 2 is 1.04 bits per heavy atom. The molecule has 0 saturated carbocycles. The van der Waals surface area contributed by atoms with Crippen molar-refractivity contribution in [2.75, 3.05) is 57.8 Å². The molecule has 12 unspecified atom stereocenters. The number of benzene rings is 1. The number of hydrogen-bond acceptors (Lipinski definition) is 25. The number of rotatable bonds is 61. The van der Waals surface area contributed by atoms with Crippen molar-refractivity contribution in [1.82, 2.24) is 105 Å². The molecule has 730 valence electrons. The maximum Gasteiger partial charge on any atom is 0.243 e. The van der Waals surface area contributed by atoms with E-state index in [9.17, 15) is 91.1 Å². The molecule has 0 spiro atoms. The molecule has 1 fully saturated rings. The normalized spacial score (nSPS) is 15.4. The van der Waals surface area contributed by atoms with Crippen LogP contribution in [0.3, 0.4) is 0 Å². The number of aromatic amines is 2. The Balaban J connectivity index is 1.54. The minimum Gasteiger partial charge on any atom is -0.370 e. The summed E-state index contributed by atoms with van der Waals surface area (Å²) in [7, 11) is 0. The van der Waals surface area contributed by atoms with E-state index in [1.54, 1.807) is 58.2 Å². The zero-order chi connectivity index (χ0) is 98.4. The number of unbranched alkanes of at least 4 members (excludes halogenated alkanes) is 1. The first-order chi connectivity index (χ1) is 61.2. The van der Waals surface area contributed by atoms with Gasteiger partial charge in [0.2, 0.25) is 112 Å². The molecule has 1 aliphatic heterocycles. The molecule has 12 atom stereocenters. The van der Waals surface area contributed by atoms with Crippen LogP contribution in [0, 0.1) is 17.8 Å². The number of imidazole rings is 1. The minimum atomic E-state index is -1.91. The van der Waals surface area contributed by atoms with Crippen molar-refractivity contribution in [2.45, 2.75) is 274 Å². The minimum absolute atomic E-state index is 0.00871. The largest absolute Gasteiger partial charge is 0.370 e. The highest BCUT2D eigenvalue weighted by molar-refractivity contribution is 7.98. The smallest absolute Gasteiger partial charge is 0.243 e. The molecule has 19 amide bonds. The Hall–Kier alpha value is -11.1. The van der Waals surface area contributed by atoms with Gasteiger partial charge in [-0.05, 0) is 148 Å². The van der Waals surface area contributed by atoms with Crippen molar-refractivity contribution in [3.05, 3.63) is 54.2 Å². The second-order valence-electron chi connectivity index (χ2n) is 36.0. The number of carbonyl (C=O) groups excluding carboxylic acids is 19. The van der Waals surface area contributed by atoms with E-state index >= 15 is 0 Å². The van der Waals surface area contributed by atoms with E-state index in [0.717, 1.165) is 0 Å². The Labute approximate surface area is 778 Å². The van der Waals surface area contributed by atoms with Crippen LogP contribution in [0.2, 0.25) is 0 Å². The predicted octanol–water partition coefficient (Wildman–Crippen LogP) is -3.69. The summed E-state index contributed by atoms with van der Waals surface area (Å²) in [4.78, 5) is 271. The Kier molecular flexibility index (Phi) is 46.8. The van der Waals surface area contributed by atoms with Gasteiger partial charge in [-0.2, -0.15) is 37.0 Å². The van der Waals surface area contributed by atoms with E-state index < -0.39 is 234 Å². The van der Waals surface area contributed by atoms with Gasteiger partial charge in [-0.1, -0.05) is 59.7 Å². The predicted molar refractivity (Wildman–Crippen MR) is 497 cm³/mol. The van der Waals surface area contributed by atoms with E-state index in [0.29, 0.717) is 47.5 Å². The molecule has 0 bridgehead atoms. The van der Waals surface area contributed by atoms with Gasteiger partial charge in [0, 0.05) is 102 Å². The van der Waals surface area contributed by atoms with Crippen LogP contribution in [-0.2, 0) is 104 Å². The molecule has 26 N–H and O–H groups in total. The number of fused-ring (bicyclic) bond motifs is 1. The van der Waals surface area contributed by atoms with E-state index in [1.807, 2.05) is 66.5 Å². The number of aromatic nitrogens is 3. The number of H-pyrrole nitrogens is 2. The Bertz CT molecular complexity index is 4420. The number of para-hydroxylation sites is 1. The number of thiol groups is 2. The lowest BCUT2D eigenvalue weighted by Gasteiger charge is -2.37. The second-order valence-corrected chi connectivity index (χ2v) is 39.5. The molecule has 4 rings (SSSR count). The van der Waals surface area contributed by atoms with E-state index in [4.69, 9.17) is 35.6 Å². The van der Waals surface area contributed by atoms with Crippen LogP contribution < -0.4 is 108 Å². The van der Waals surface area contributed by atoms with E-state index in [-0.39, 0.29) is 106 Å². The average Bonchev–Trinajstić information content (AvgIpc) is 1.69. The maximum absolute atomic E-state index is 14.7. The Morgan fingerprint density at radius 1 is 0.527 bits per heavy atom. The number of amides is 19. The maximum atomic E-state index is 14.7. The highest BCUT2D eigenvalue weighted by Gasteiger charge is 2.39. The Morgan fingerprint density at radius 3 is 1.56 bits per heavy atom. The highest BCUT2D eigenvalue weighted by atomic mass is 32.2. The molecular weight excluding hydrogens is 1760 g/mol. The number of carbonyl (C=O) groups is 19. The number of nitrogens with zero attached hydrogens (tertiary/aromatic N) is 2. The SMILES string of the molecule is CSCCC(NC(=O)C(CC(C)C)NC(=O)C(Cc1cnc[nH]1)NC(=O)CNC(=O)C(NC(=O)C(C)NC(=O)C(Cc1c[nH]c2ccccc12)NC(=O)C(CCC(N)=O)NC(=O)C(CC(N)=O)NC(=O)CNC(=O)C(CC(C)C)NC(=O)C(CCCCNC(=O)CN(CC(C)(C)S)CC(C)(C)NCC(C)(C)S)NC(=O)C(CCC(N)=O)NC(=O)C1CCC(=O)N1)C(C)C)C(N)=O. The van der Waals surface area contributed by atoms with Crippen molar-refractivity contribution < 1.29 is 91.1 Å². The van der Waals surface area contributed by atoms with Crippen molar-refractivity contribution in [2.24, 2.45) is 40.7 Å². The molecule has 43 nitrogen and oxygen atoms in total. The van der Waals surface area contributed by atoms with Crippen LogP contribution in [0.1, 0.15) is 185 Å². The number of thioether (sulfide) groups is 1. The first kappa shape index (κ1) is 112. The van der Waals surface area contributed by atoms with Crippen LogP contribution in [0.25, 0.3) is 10.9 Å². The molecule has 1 aliphatic rings. The molecule has 1 aromatic carbocycles. The average molecular weight is 1900 g/mol. The summed E-state index contributed by atoms with van der Waals surface area (Å²) in [5, 5.41) is 42.5. The van der Waals surface area contributed by atoms with Crippen LogP contribution in [0.4, 0.5) is 0 Å². The fraction of sp³-hybridized carbons (Fsp3) is 0.647. The van der Waals surface area contributed by atoms with Gasteiger partial charge < -0.3 is 118 Å². The van der Waals surface area contributed by atoms with Crippen LogP contribution in [0.15, 0.2) is 43.0 Å². The van der Waals surface area contributed by atoms with Gasteiger partial charge in [0.15, 0.2) is 0 Å². The fourth-order valence-corrected chi connectivity index (χ4v) is 14.7. The van der Waals surface area contributed by atoms with Crippen LogP contribution in [0.5, 0.6) is 0 Å². The highest BCUT2D eigenvalue weighted by Crippen LogP contribution is 2.23. The van der Waals surface area contributed by atoms with Crippen molar-refractivity contribution in [3.8, 4) is 0 Å². The first-order valence-electron chi connectivity index (χ1n) is 43.7. The van der Waals surface area contributed by atoms with Crippen LogP contribution >= 0.6 is 37.0 Å². The summed E-state index contributed by atoms with van der Waals surface area (Å²) in [5.74, 6) is -17.3. The van der Waals surface area contributed by atoms with Gasteiger partial charge >= 0.3 is 0 Å².